The van der Waals surface area contributed by atoms with Gasteiger partial charge in [-0.25, -0.2) is 4.79 Å². The van der Waals surface area contributed by atoms with Gasteiger partial charge in [0.25, 0.3) is 5.56 Å². The summed E-state index contributed by atoms with van der Waals surface area (Å²) < 4.78 is 12.2. The largest absolute Gasteiger partial charge is 0.482 e. The Labute approximate surface area is 136 Å². The van der Waals surface area contributed by atoms with Crippen LogP contribution < -0.4 is 19.6 Å². The summed E-state index contributed by atoms with van der Waals surface area (Å²) >= 11 is 1.41. The maximum Gasteiger partial charge on any atom is 0.343 e. The van der Waals surface area contributed by atoms with E-state index in [0.29, 0.717) is 10.3 Å². The number of aromatic nitrogens is 1. The van der Waals surface area contributed by atoms with Crippen LogP contribution in [-0.4, -0.2) is 30.8 Å². The van der Waals surface area contributed by atoms with Crippen molar-refractivity contribution in [2.45, 2.75) is 13.0 Å². The molecule has 0 spiro atoms. The van der Waals surface area contributed by atoms with Crippen molar-refractivity contribution in [3.63, 3.8) is 0 Å². The van der Waals surface area contributed by atoms with Gasteiger partial charge < -0.3 is 9.47 Å². The number of thiazole rings is 1. The zero-order valence-corrected chi connectivity index (χ0v) is 13.5. The number of fused-ring (bicyclic) bond motifs is 1. The molecule has 0 unspecified atom stereocenters. The molecule has 0 amide bonds. The van der Waals surface area contributed by atoms with E-state index >= 15 is 0 Å². The summed E-state index contributed by atoms with van der Waals surface area (Å²) in [6, 6.07) is 7.19. The van der Waals surface area contributed by atoms with Gasteiger partial charge >= 0.3 is 5.97 Å². The fraction of sp³-hybridized carbons (Fsp3) is 0.312. The van der Waals surface area contributed by atoms with Crippen LogP contribution in [0.25, 0.3) is 6.08 Å². The standard InChI is InChI=1S/C16H16N2O4S/c1-21-14(19)10-22-12-5-3-11(4-6-12)9-13-15(20)18-8-2-7-17-16(18)23-13/h3-6,9H,2,7-8,10H2,1H3/b13-9+. The third-order valence-corrected chi connectivity index (χ3v) is 4.48. The number of carbonyl (C=O) groups is 1. The van der Waals surface area contributed by atoms with Crippen molar-refractivity contribution in [2.75, 3.05) is 20.3 Å². The molecule has 1 aromatic carbocycles. The minimum Gasteiger partial charge on any atom is -0.482 e. The monoisotopic (exact) mass is 332 g/mol. The predicted octanol–water partition coefficient (Wildman–Crippen LogP) is 0.314. The van der Waals surface area contributed by atoms with E-state index in [1.807, 2.05) is 18.2 Å². The predicted molar refractivity (Wildman–Crippen MR) is 86.4 cm³/mol. The lowest BCUT2D eigenvalue weighted by atomic mass is 10.2. The Morgan fingerprint density at radius 3 is 2.87 bits per heavy atom. The molecule has 0 atom stereocenters. The van der Waals surface area contributed by atoms with Crippen LogP contribution in [0.3, 0.4) is 0 Å². The van der Waals surface area contributed by atoms with E-state index in [9.17, 15) is 9.59 Å². The minimum atomic E-state index is -0.429. The number of rotatable bonds is 4. The highest BCUT2D eigenvalue weighted by Crippen LogP contribution is 2.12. The Balaban J connectivity index is 1.82. The number of ether oxygens (including phenoxy) is 2. The fourth-order valence-corrected chi connectivity index (χ4v) is 3.27. The van der Waals surface area contributed by atoms with Crippen molar-refractivity contribution in [3.05, 3.63) is 49.5 Å². The number of carbonyl (C=O) groups excluding carboxylic acids is 1. The van der Waals surface area contributed by atoms with Crippen LogP contribution in [0.1, 0.15) is 12.0 Å². The number of esters is 1. The van der Waals surface area contributed by atoms with Crippen LogP contribution >= 0.6 is 11.3 Å². The van der Waals surface area contributed by atoms with Crippen LogP contribution in [0.15, 0.2) is 34.1 Å². The summed E-state index contributed by atoms with van der Waals surface area (Å²) in [5.41, 5.74) is 0.909. The molecule has 0 saturated carbocycles. The van der Waals surface area contributed by atoms with Gasteiger partial charge in [-0.1, -0.05) is 23.5 Å². The van der Waals surface area contributed by atoms with Gasteiger partial charge in [0, 0.05) is 13.1 Å². The molecule has 3 rings (SSSR count). The molecule has 2 heterocycles. The first-order valence-corrected chi connectivity index (χ1v) is 8.04. The van der Waals surface area contributed by atoms with Gasteiger partial charge in [0.2, 0.25) is 0 Å². The summed E-state index contributed by atoms with van der Waals surface area (Å²) in [6.45, 7) is 1.40. The van der Waals surface area contributed by atoms with Gasteiger partial charge in [-0.2, -0.15) is 0 Å². The molecule has 0 fully saturated rings. The Kier molecular flexibility index (Phi) is 4.57. The summed E-state index contributed by atoms with van der Waals surface area (Å²) in [5, 5.41) is 0. The van der Waals surface area contributed by atoms with Gasteiger partial charge in [-0.15, -0.1) is 0 Å². The summed E-state index contributed by atoms with van der Waals surface area (Å²) in [4.78, 5) is 28.5. The molecular formula is C16H16N2O4S. The Morgan fingerprint density at radius 1 is 1.39 bits per heavy atom. The molecule has 1 aliphatic heterocycles. The number of benzene rings is 1. The molecule has 1 aromatic heterocycles. The minimum absolute atomic E-state index is 0.0134. The van der Waals surface area contributed by atoms with Crippen molar-refractivity contribution in [3.8, 4) is 5.75 Å². The normalized spacial score (nSPS) is 14.0. The summed E-state index contributed by atoms with van der Waals surface area (Å²) in [5.74, 6) is 0.145. The highest BCUT2D eigenvalue weighted by molar-refractivity contribution is 7.07. The molecule has 6 nitrogen and oxygen atoms in total. The van der Waals surface area contributed by atoms with E-state index in [1.165, 1.54) is 18.4 Å². The van der Waals surface area contributed by atoms with Gasteiger partial charge in [0.15, 0.2) is 11.4 Å². The quantitative estimate of drug-likeness (QED) is 0.756. The SMILES string of the molecule is COC(=O)COc1ccc(/C=c2/sc3n(c2=O)CCCN=3)cc1. The van der Waals surface area contributed by atoms with Crippen LogP contribution in [0.2, 0.25) is 0 Å². The average Bonchev–Trinajstić information content (AvgIpc) is 2.90. The number of hydrogen-bond acceptors (Lipinski definition) is 6. The molecule has 0 aliphatic carbocycles. The van der Waals surface area contributed by atoms with Gasteiger partial charge in [-0.05, 0) is 30.2 Å². The van der Waals surface area contributed by atoms with Crippen molar-refractivity contribution >= 4 is 23.4 Å². The fourth-order valence-electron chi connectivity index (χ4n) is 2.24. The van der Waals surface area contributed by atoms with Crippen LogP contribution in [-0.2, 0) is 16.1 Å². The van der Waals surface area contributed by atoms with Crippen LogP contribution in [0.4, 0.5) is 0 Å². The van der Waals surface area contributed by atoms with Gasteiger partial charge in [0.05, 0.1) is 11.6 Å². The molecular weight excluding hydrogens is 316 g/mol. The summed E-state index contributed by atoms with van der Waals surface area (Å²) in [6.07, 6.45) is 2.76. The third-order valence-electron chi connectivity index (χ3n) is 3.44. The molecule has 120 valence electrons. The third kappa shape index (κ3) is 3.50. The Morgan fingerprint density at radius 2 is 2.17 bits per heavy atom. The average molecular weight is 332 g/mol. The molecule has 0 bridgehead atoms. The van der Waals surface area contributed by atoms with Crippen LogP contribution in [0, 0.1) is 0 Å². The van der Waals surface area contributed by atoms with Crippen molar-refractivity contribution < 1.29 is 14.3 Å². The Hall–Kier alpha value is -2.41. The van der Waals surface area contributed by atoms with E-state index in [-0.39, 0.29) is 12.2 Å². The molecule has 2 aromatic rings. The number of hydrogen-bond donors (Lipinski definition) is 0. The maximum atomic E-state index is 12.3. The number of nitrogens with zero attached hydrogens (tertiary/aromatic N) is 2. The van der Waals surface area contributed by atoms with Crippen molar-refractivity contribution in [2.24, 2.45) is 4.99 Å². The maximum absolute atomic E-state index is 12.3. The van der Waals surface area contributed by atoms with Gasteiger partial charge in [-0.3, -0.25) is 14.4 Å². The zero-order chi connectivity index (χ0) is 16.2. The van der Waals surface area contributed by atoms with Gasteiger partial charge in [0.1, 0.15) is 5.75 Å². The molecule has 0 saturated heterocycles. The first kappa shape index (κ1) is 15.5. The van der Waals surface area contributed by atoms with E-state index in [2.05, 4.69) is 9.73 Å². The highest BCUT2D eigenvalue weighted by Gasteiger charge is 2.08. The van der Waals surface area contributed by atoms with Crippen molar-refractivity contribution in [1.82, 2.24) is 4.57 Å². The van der Waals surface area contributed by atoms with E-state index in [1.54, 1.807) is 16.7 Å². The van der Waals surface area contributed by atoms with E-state index < -0.39 is 5.97 Å². The second-order valence-corrected chi connectivity index (χ2v) is 6.03. The lowest BCUT2D eigenvalue weighted by Crippen LogP contribution is -2.33. The second kappa shape index (κ2) is 6.78. The lowest BCUT2D eigenvalue weighted by molar-refractivity contribution is -0.142. The van der Waals surface area contributed by atoms with E-state index in [0.717, 1.165) is 29.9 Å². The number of methoxy groups -OCH3 is 1. The first-order chi connectivity index (χ1) is 11.2. The molecule has 23 heavy (non-hydrogen) atoms. The Bertz CT molecular complexity index is 880. The first-order valence-electron chi connectivity index (χ1n) is 7.23. The molecule has 1 aliphatic rings. The van der Waals surface area contributed by atoms with E-state index in [4.69, 9.17) is 4.74 Å². The summed E-state index contributed by atoms with van der Waals surface area (Å²) in [7, 11) is 1.31. The topological polar surface area (TPSA) is 69.9 Å². The molecule has 7 heteroatoms. The second-order valence-electron chi connectivity index (χ2n) is 5.02. The molecule has 0 radical (unpaired) electrons. The zero-order valence-electron chi connectivity index (χ0n) is 12.7. The smallest absolute Gasteiger partial charge is 0.343 e. The molecule has 0 N–H and O–H groups in total. The van der Waals surface area contributed by atoms with Crippen LogP contribution in [0.5, 0.6) is 5.75 Å². The highest BCUT2D eigenvalue weighted by atomic mass is 32.1. The van der Waals surface area contributed by atoms with Crippen molar-refractivity contribution in [1.29, 1.82) is 0 Å². The lowest BCUT2D eigenvalue weighted by Gasteiger charge is -2.04.